The summed E-state index contributed by atoms with van der Waals surface area (Å²) in [6, 6.07) is 50.0. The number of pyridine rings is 1. The van der Waals surface area contributed by atoms with Crippen LogP contribution in [0.5, 0.6) is 11.5 Å². The third-order valence-corrected chi connectivity index (χ3v) is 13.2. The van der Waals surface area contributed by atoms with Gasteiger partial charge in [-0.25, -0.2) is 4.98 Å². The van der Waals surface area contributed by atoms with E-state index >= 15 is 0 Å². The number of nitrogens with zero attached hydrogens (tertiary/aromatic N) is 4. The fourth-order valence-corrected chi connectivity index (χ4v) is 10.1. The minimum absolute atomic E-state index is 0. The second-order valence-corrected chi connectivity index (χ2v) is 18.8. The van der Waals surface area contributed by atoms with Crippen LogP contribution in [0.15, 0.2) is 132 Å². The van der Waals surface area contributed by atoms with Gasteiger partial charge in [0.2, 0.25) is 0 Å². The molecule has 0 unspecified atom stereocenters. The molecule has 0 spiro atoms. The zero-order valence-electron chi connectivity index (χ0n) is 35.7. The molecule has 62 heavy (non-hydrogen) atoms. The molecule has 10 aromatic rings. The van der Waals surface area contributed by atoms with Crippen molar-refractivity contribution in [1.29, 1.82) is 0 Å². The number of rotatable bonds is 7. The molecule has 0 atom stereocenters. The van der Waals surface area contributed by atoms with E-state index in [9.17, 15) is 0 Å². The molecule has 0 saturated carbocycles. The van der Waals surface area contributed by atoms with E-state index in [-0.39, 0.29) is 26.5 Å². The van der Waals surface area contributed by atoms with Crippen molar-refractivity contribution >= 4 is 87.2 Å². The van der Waals surface area contributed by atoms with Gasteiger partial charge >= 0.3 is 0 Å². The average molecular weight is 1010 g/mol. The summed E-state index contributed by atoms with van der Waals surface area (Å²) in [6.07, 6.45) is 1.93. The summed E-state index contributed by atoms with van der Waals surface area (Å²) < 4.78 is 18.2. The van der Waals surface area contributed by atoms with Gasteiger partial charge in [0.25, 0.3) is 0 Å². The Morgan fingerprint density at radius 2 is 1.39 bits per heavy atom. The van der Waals surface area contributed by atoms with Gasteiger partial charge in [0.05, 0.1) is 11.2 Å². The molecule has 6 aromatic carbocycles. The zero-order valence-corrected chi connectivity index (χ0v) is 38.8. The first-order valence-electron chi connectivity index (χ1n) is 21.1. The fourth-order valence-electron chi connectivity index (χ4n) is 9.04. The Bertz CT molecular complexity index is 3320. The molecular formula is C54H45N4O2PtS-3. The molecular weight excluding hydrogens is 964 g/mol. The molecule has 0 fully saturated rings. The standard InChI is InChI=1S/C54H45N4O2S.Pt/c1-32(2)38-18-13-19-39(33(3)4)50(38)57-31-56(53-52(57)42-16-8-10-20-45(42)60-53)35-14-12-15-36(29-35)59-37-22-23-40-41-24-25-47-49(43-17-9-11-21-46(43)61-47)51(41)58(44(40)30-37)48-28-34(26-27-55-48)54(5,6)7;/h8-28,31-33H,1-7H3;/q-3;. The second kappa shape index (κ2) is 15.2. The van der Waals surface area contributed by atoms with Crippen LogP contribution in [0.2, 0.25) is 0 Å². The van der Waals surface area contributed by atoms with E-state index in [0.717, 1.165) is 55.9 Å². The van der Waals surface area contributed by atoms with Gasteiger partial charge in [-0.3, -0.25) is 0 Å². The van der Waals surface area contributed by atoms with Gasteiger partial charge in [-0.1, -0.05) is 114 Å². The molecule has 0 amide bonds. The molecule has 4 aromatic heterocycles. The van der Waals surface area contributed by atoms with Crippen LogP contribution in [0.1, 0.15) is 77.0 Å². The molecule has 5 heterocycles. The largest absolute Gasteiger partial charge is 0.509 e. The van der Waals surface area contributed by atoms with Crippen LogP contribution in [0, 0.1) is 18.8 Å². The predicted octanol–water partition coefficient (Wildman–Crippen LogP) is 15.6. The zero-order chi connectivity index (χ0) is 41.7. The molecule has 11 rings (SSSR count). The first-order valence-corrected chi connectivity index (χ1v) is 21.9. The van der Waals surface area contributed by atoms with Crippen LogP contribution >= 0.6 is 11.3 Å². The molecule has 312 valence electrons. The van der Waals surface area contributed by atoms with E-state index in [1.807, 2.05) is 47.9 Å². The Labute approximate surface area is 380 Å². The Morgan fingerprint density at radius 3 is 2.16 bits per heavy atom. The van der Waals surface area contributed by atoms with E-state index in [1.165, 1.54) is 42.6 Å². The fraction of sp³-hybridized carbons (Fsp3) is 0.185. The summed E-state index contributed by atoms with van der Waals surface area (Å²) in [4.78, 5) is 9.42. The minimum Gasteiger partial charge on any atom is -0.509 e. The first kappa shape index (κ1) is 40.2. The van der Waals surface area contributed by atoms with Gasteiger partial charge in [-0.05, 0) is 75.7 Å². The van der Waals surface area contributed by atoms with Gasteiger partial charge in [0.15, 0.2) is 5.88 Å². The maximum Gasteiger partial charge on any atom is 0.193 e. The number of anilines is 4. The van der Waals surface area contributed by atoms with Crippen molar-refractivity contribution in [2.24, 2.45) is 0 Å². The minimum atomic E-state index is -0.0544. The molecule has 0 saturated heterocycles. The Hall–Kier alpha value is -5.88. The Balaban J connectivity index is 0.00000458. The summed E-state index contributed by atoms with van der Waals surface area (Å²) in [5.41, 5.74) is 9.64. The number of fused-ring (bicyclic) bond motifs is 10. The number of furan rings is 1. The van der Waals surface area contributed by atoms with Crippen molar-refractivity contribution in [3.63, 3.8) is 0 Å². The average Bonchev–Trinajstić information content (AvgIpc) is 4.01. The molecule has 0 N–H and O–H groups in total. The molecule has 0 bridgehead atoms. The van der Waals surface area contributed by atoms with Crippen LogP contribution in [0.4, 0.5) is 22.9 Å². The molecule has 0 aliphatic carbocycles. The van der Waals surface area contributed by atoms with Crippen LogP contribution in [0.25, 0.3) is 58.8 Å². The smallest absolute Gasteiger partial charge is 0.193 e. The summed E-state index contributed by atoms with van der Waals surface area (Å²) >= 11 is 1.82. The maximum atomic E-state index is 6.73. The van der Waals surface area contributed by atoms with Crippen molar-refractivity contribution < 1.29 is 30.2 Å². The van der Waals surface area contributed by atoms with Crippen LogP contribution in [0.3, 0.4) is 0 Å². The number of aromatic nitrogens is 2. The SMILES string of the molecule is CC(C)c1cccc(C(C)C)c1N1[CH-]N(c2[c-]c(Oc3[c-]c4c(cc3)c3ccc5sc6ccccc6c5c3n4-c3cc(C(C)(C)C)ccn3)ccc2)c2oc3ccccc3c21.[Pt]. The number of hydrogen-bond donors (Lipinski definition) is 0. The van der Waals surface area contributed by atoms with E-state index < -0.39 is 0 Å². The van der Waals surface area contributed by atoms with Crippen molar-refractivity contribution in [2.45, 2.75) is 65.7 Å². The van der Waals surface area contributed by atoms with Gasteiger partial charge in [-0.2, -0.15) is 12.1 Å². The van der Waals surface area contributed by atoms with E-state index in [0.29, 0.717) is 23.3 Å². The van der Waals surface area contributed by atoms with Crippen molar-refractivity contribution in [3.8, 4) is 17.3 Å². The topological polar surface area (TPSA) is 46.7 Å². The number of benzene rings is 6. The maximum absolute atomic E-state index is 6.73. The number of hydrogen-bond acceptors (Lipinski definition) is 6. The quantitative estimate of drug-likeness (QED) is 0.149. The normalized spacial score (nSPS) is 13.1. The van der Waals surface area contributed by atoms with Crippen molar-refractivity contribution in [2.75, 3.05) is 9.80 Å². The molecule has 6 nitrogen and oxygen atoms in total. The number of thiophene rings is 1. The van der Waals surface area contributed by atoms with Crippen LogP contribution in [-0.2, 0) is 26.5 Å². The first-order chi connectivity index (χ1) is 29.5. The van der Waals surface area contributed by atoms with Gasteiger partial charge < -0.3 is 23.5 Å². The Morgan fingerprint density at radius 1 is 0.677 bits per heavy atom. The molecule has 1 aliphatic heterocycles. The van der Waals surface area contributed by atoms with Gasteiger partial charge in [0, 0.05) is 70.0 Å². The molecule has 8 heteroatoms. The predicted molar refractivity (Wildman–Crippen MR) is 254 cm³/mol. The van der Waals surface area contributed by atoms with Gasteiger partial charge in [-0.15, -0.1) is 53.7 Å². The summed E-state index contributed by atoms with van der Waals surface area (Å²) in [7, 11) is 0. The second-order valence-electron chi connectivity index (χ2n) is 17.7. The summed E-state index contributed by atoms with van der Waals surface area (Å²) in [6.45, 7) is 17.9. The van der Waals surface area contributed by atoms with Crippen LogP contribution in [-0.4, -0.2) is 9.55 Å². The summed E-state index contributed by atoms with van der Waals surface area (Å²) in [5.74, 6) is 3.41. The molecule has 0 radical (unpaired) electrons. The number of ether oxygens (including phenoxy) is 1. The third-order valence-electron chi connectivity index (χ3n) is 12.0. The monoisotopic (exact) mass is 1010 g/mol. The van der Waals surface area contributed by atoms with E-state index in [4.69, 9.17) is 14.1 Å². The van der Waals surface area contributed by atoms with E-state index in [1.54, 1.807) is 0 Å². The number of para-hydroxylation sites is 2. The van der Waals surface area contributed by atoms with Crippen molar-refractivity contribution in [1.82, 2.24) is 9.55 Å². The van der Waals surface area contributed by atoms with E-state index in [2.05, 4.69) is 173 Å². The molecule has 1 aliphatic rings. The Kier molecular flexibility index (Phi) is 9.84. The van der Waals surface area contributed by atoms with Gasteiger partial charge in [0.1, 0.15) is 11.4 Å². The van der Waals surface area contributed by atoms with Crippen LogP contribution < -0.4 is 14.5 Å². The summed E-state index contributed by atoms with van der Waals surface area (Å²) in [5, 5.41) is 5.77. The van der Waals surface area contributed by atoms with Crippen molar-refractivity contribution in [3.05, 3.63) is 163 Å². The third kappa shape index (κ3) is 6.43.